The molecule has 3 aromatic carbocycles. The molecule has 0 heterocycles. The van der Waals surface area contributed by atoms with E-state index in [4.69, 9.17) is 21.1 Å². The van der Waals surface area contributed by atoms with E-state index in [2.05, 4.69) is 0 Å². The quantitative estimate of drug-likeness (QED) is 0.411. The topological polar surface area (TPSA) is 52.6 Å². The van der Waals surface area contributed by atoms with Crippen LogP contribution in [0.4, 0.5) is 0 Å². The van der Waals surface area contributed by atoms with E-state index < -0.39 is 5.97 Å². The number of esters is 2. The molecule has 0 spiro atoms. The highest BCUT2D eigenvalue weighted by Gasteiger charge is 2.14. The molecule has 154 valence electrons. The van der Waals surface area contributed by atoms with Gasteiger partial charge in [-0.25, -0.2) is 4.79 Å². The maximum atomic E-state index is 12.5. The van der Waals surface area contributed by atoms with E-state index in [0.29, 0.717) is 23.4 Å². The van der Waals surface area contributed by atoms with Gasteiger partial charge in [-0.05, 0) is 47.7 Å². The maximum Gasteiger partial charge on any atom is 0.338 e. The van der Waals surface area contributed by atoms with Crippen molar-refractivity contribution in [3.8, 4) is 0 Å². The van der Waals surface area contributed by atoms with Gasteiger partial charge in [-0.1, -0.05) is 72.3 Å². The highest BCUT2D eigenvalue weighted by molar-refractivity contribution is 6.30. The molecule has 5 heteroatoms. The molecule has 0 N–H and O–H groups in total. The molecule has 0 saturated heterocycles. The summed E-state index contributed by atoms with van der Waals surface area (Å²) in [5.74, 6) is -0.675. The summed E-state index contributed by atoms with van der Waals surface area (Å²) in [6, 6.07) is 24.1. The minimum Gasteiger partial charge on any atom is -0.461 e. The molecule has 0 radical (unpaired) electrons. The monoisotopic (exact) mass is 422 g/mol. The van der Waals surface area contributed by atoms with Crippen LogP contribution in [0.2, 0.25) is 5.02 Å². The van der Waals surface area contributed by atoms with Crippen LogP contribution in [0.25, 0.3) is 0 Å². The summed E-state index contributed by atoms with van der Waals surface area (Å²) >= 11 is 6.11. The van der Waals surface area contributed by atoms with Gasteiger partial charge in [-0.2, -0.15) is 0 Å². The van der Waals surface area contributed by atoms with Crippen molar-refractivity contribution in [3.05, 3.63) is 106 Å². The lowest BCUT2D eigenvalue weighted by atomic mass is 10.0. The van der Waals surface area contributed by atoms with Gasteiger partial charge in [-0.15, -0.1) is 0 Å². The summed E-state index contributed by atoms with van der Waals surface area (Å²) in [6.07, 6.45) is 1.33. The SMILES string of the molecule is O=C(CCCc1cc(Cl)ccc1C(=O)OCc1ccccc1)OCc1ccccc1. The van der Waals surface area contributed by atoms with Crippen molar-refractivity contribution in [1.82, 2.24) is 0 Å². The normalized spacial score (nSPS) is 10.4. The summed E-state index contributed by atoms with van der Waals surface area (Å²) in [5, 5.41) is 0.538. The average molecular weight is 423 g/mol. The number of hydrogen-bond acceptors (Lipinski definition) is 4. The zero-order valence-electron chi connectivity index (χ0n) is 16.6. The Morgan fingerprint density at radius 3 is 2.00 bits per heavy atom. The van der Waals surface area contributed by atoms with Crippen LogP contribution in [-0.4, -0.2) is 11.9 Å². The van der Waals surface area contributed by atoms with Gasteiger partial charge in [0.05, 0.1) is 5.56 Å². The Balaban J connectivity index is 1.51. The fourth-order valence-corrected chi connectivity index (χ4v) is 3.20. The van der Waals surface area contributed by atoms with E-state index in [9.17, 15) is 9.59 Å². The Morgan fingerprint density at radius 2 is 1.37 bits per heavy atom. The van der Waals surface area contributed by atoms with Crippen molar-refractivity contribution in [2.75, 3.05) is 0 Å². The Bertz CT molecular complexity index is 971. The van der Waals surface area contributed by atoms with Crippen molar-refractivity contribution in [2.45, 2.75) is 32.5 Å². The van der Waals surface area contributed by atoms with Gasteiger partial charge in [0, 0.05) is 11.4 Å². The summed E-state index contributed by atoms with van der Waals surface area (Å²) in [5.41, 5.74) is 3.09. The number of halogens is 1. The second kappa shape index (κ2) is 11.2. The molecular formula is C25H23ClO4. The van der Waals surface area contributed by atoms with Crippen LogP contribution in [0.5, 0.6) is 0 Å². The van der Waals surface area contributed by atoms with Gasteiger partial charge < -0.3 is 9.47 Å². The first-order valence-corrected chi connectivity index (χ1v) is 10.2. The zero-order chi connectivity index (χ0) is 21.2. The molecule has 0 fully saturated rings. The molecule has 0 aromatic heterocycles. The Labute approximate surface area is 181 Å². The van der Waals surface area contributed by atoms with Crippen molar-refractivity contribution in [3.63, 3.8) is 0 Å². The van der Waals surface area contributed by atoms with Crippen LogP contribution in [-0.2, 0) is 33.9 Å². The fraction of sp³-hybridized carbons (Fsp3) is 0.200. The molecule has 0 bridgehead atoms. The maximum absolute atomic E-state index is 12.5. The molecule has 0 aliphatic rings. The smallest absolute Gasteiger partial charge is 0.338 e. The van der Waals surface area contributed by atoms with Crippen molar-refractivity contribution < 1.29 is 19.1 Å². The molecule has 0 aliphatic heterocycles. The molecule has 0 atom stereocenters. The van der Waals surface area contributed by atoms with Crippen molar-refractivity contribution in [2.24, 2.45) is 0 Å². The van der Waals surface area contributed by atoms with Crippen molar-refractivity contribution in [1.29, 1.82) is 0 Å². The number of hydrogen-bond donors (Lipinski definition) is 0. The number of carbonyl (C=O) groups excluding carboxylic acids is 2. The zero-order valence-corrected chi connectivity index (χ0v) is 17.3. The second-order valence-corrected chi connectivity index (χ2v) is 7.30. The third-order valence-electron chi connectivity index (χ3n) is 4.57. The molecule has 30 heavy (non-hydrogen) atoms. The first-order valence-electron chi connectivity index (χ1n) is 9.81. The van der Waals surface area contributed by atoms with Gasteiger partial charge >= 0.3 is 11.9 Å². The molecule has 0 unspecified atom stereocenters. The predicted octanol–water partition coefficient (Wildman–Crippen LogP) is 5.76. The minimum atomic E-state index is -0.405. The van der Waals surface area contributed by atoms with Crippen LogP contribution in [0.3, 0.4) is 0 Å². The molecule has 3 rings (SSSR count). The Morgan fingerprint density at radius 1 is 0.767 bits per heavy atom. The predicted molar refractivity (Wildman–Crippen MR) is 116 cm³/mol. The van der Waals surface area contributed by atoms with Crippen molar-refractivity contribution >= 4 is 23.5 Å². The lowest BCUT2D eigenvalue weighted by Crippen LogP contribution is -2.10. The first-order chi connectivity index (χ1) is 14.6. The van der Waals surface area contributed by atoms with E-state index >= 15 is 0 Å². The van der Waals surface area contributed by atoms with Gasteiger partial charge in [0.25, 0.3) is 0 Å². The molecular weight excluding hydrogens is 400 g/mol. The van der Waals surface area contributed by atoms with Crippen LogP contribution >= 0.6 is 11.6 Å². The lowest BCUT2D eigenvalue weighted by molar-refractivity contribution is -0.145. The number of carbonyl (C=O) groups is 2. The van der Waals surface area contributed by atoms with E-state index in [1.54, 1.807) is 18.2 Å². The highest BCUT2D eigenvalue weighted by atomic mass is 35.5. The first kappa shape index (κ1) is 21.6. The minimum absolute atomic E-state index is 0.202. The fourth-order valence-electron chi connectivity index (χ4n) is 3.00. The molecule has 0 amide bonds. The van der Waals surface area contributed by atoms with Gasteiger partial charge in [0.1, 0.15) is 13.2 Å². The molecule has 0 aliphatic carbocycles. The summed E-state index contributed by atoms with van der Waals surface area (Å²) in [7, 11) is 0. The lowest BCUT2D eigenvalue weighted by Gasteiger charge is -2.11. The summed E-state index contributed by atoms with van der Waals surface area (Å²) < 4.78 is 10.7. The highest BCUT2D eigenvalue weighted by Crippen LogP contribution is 2.20. The van der Waals surface area contributed by atoms with Crippen LogP contribution in [0.15, 0.2) is 78.9 Å². The summed E-state index contributed by atoms with van der Waals surface area (Å²) in [6.45, 7) is 0.460. The van der Waals surface area contributed by atoms with Gasteiger partial charge in [-0.3, -0.25) is 4.79 Å². The number of aryl methyl sites for hydroxylation is 1. The van der Waals surface area contributed by atoms with Crippen LogP contribution in [0.1, 0.15) is 39.9 Å². The third kappa shape index (κ3) is 6.75. The molecule has 3 aromatic rings. The number of ether oxygens (including phenoxy) is 2. The van der Waals surface area contributed by atoms with E-state index in [1.165, 1.54) is 0 Å². The molecule has 0 saturated carbocycles. The molecule has 4 nitrogen and oxygen atoms in total. The number of rotatable bonds is 9. The van der Waals surface area contributed by atoms with Crippen LogP contribution < -0.4 is 0 Å². The second-order valence-electron chi connectivity index (χ2n) is 6.86. The Kier molecular flexibility index (Phi) is 8.04. The van der Waals surface area contributed by atoms with E-state index in [0.717, 1.165) is 16.7 Å². The third-order valence-corrected chi connectivity index (χ3v) is 4.80. The summed E-state index contributed by atoms with van der Waals surface area (Å²) in [4.78, 5) is 24.6. The largest absolute Gasteiger partial charge is 0.461 e. The average Bonchev–Trinajstić information content (AvgIpc) is 2.77. The Hall–Kier alpha value is -3.11. The van der Waals surface area contributed by atoms with E-state index in [-0.39, 0.29) is 25.6 Å². The van der Waals surface area contributed by atoms with Crippen LogP contribution in [0, 0.1) is 0 Å². The number of benzene rings is 3. The van der Waals surface area contributed by atoms with Gasteiger partial charge in [0.15, 0.2) is 0 Å². The standard InChI is InChI=1S/C25H23ClO4/c26-22-14-15-23(25(28)30-18-20-10-5-2-6-11-20)21(16-22)12-7-13-24(27)29-17-19-8-3-1-4-9-19/h1-6,8-11,14-16H,7,12-13,17-18H2. The van der Waals surface area contributed by atoms with E-state index in [1.807, 2.05) is 60.7 Å². The van der Waals surface area contributed by atoms with Gasteiger partial charge in [0.2, 0.25) is 0 Å².